The predicted octanol–water partition coefficient (Wildman–Crippen LogP) is 3.35. The largest absolute Gasteiger partial charge is 0.573 e. The monoisotopic (exact) mass is 474 g/mol. The Bertz CT molecular complexity index is 1090. The van der Waals surface area contributed by atoms with Gasteiger partial charge in [0.25, 0.3) is 10.0 Å². The number of aliphatic hydroxyl groups is 1. The third-order valence-electron chi connectivity index (χ3n) is 4.77. The summed E-state index contributed by atoms with van der Waals surface area (Å²) in [4.78, 5) is 12.1. The average Bonchev–Trinajstić information content (AvgIpc) is 3.52. The number of hydrogen-bond donors (Lipinski definition) is 3. The summed E-state index contributed by atoms with van der Waals surface area (Å²) < 4.78 is 73.9. The van der Waals surface area contributed by atoms with Crippen LogP contribution >= 0.6 is 0 Å². The van der Waals surface area contributed by atoms with Crippen LogP contribution in [0.1, 0.15) is 12.8 Å². The molecule has 1 atom stereocenters. The second kappa shape index (κ2) is 9.25. The molecule has 0 aliphatic heterocycles. The van der Waals surface area contributed by atoms with Crippen LogP contribution < -0.4 is 19.5 Å². The third kappa shape index (κ3) is 6.04. The van der Waals surface area contributed by atoms with E-state index in [2.05, 4.69) is 14.8 Å². The zero-order chi connectivity index (χ0) is 23.5. The summed E-state index contributed by atoms with van der Waals surface area (Å²) in [6.45, 7) is -0.291. The van der Waals surface area contributed by atoms with E-state index < -0.39 is 28.1 Å². The Hall–Kier alpha value is -2.99. The summed E-state index contributed by atoms with van der Waals surface area (Å²) in [5.74, 6) is -1.48. The summed E-state index contributed by atoms with van der Waals surface area (Å²) in [7, 11) is -3.02. The number of carbonyl (C=O) groups is 1. The molecule has 1 aliphatic rings. The number of nitrogens with one attached hydrogen (secondary N) is 2. The Morgan fingerprint density at radius 1 is 1.19 bits per heavy atom. The number of methoxy groups -OCH3 is 1. The summed E-state index contributed by atoms with van der Waals surface area (Å²) in [5.41, 5.74) is 0.117. The maximum Gasteiger partial charge on any atom is 0.573 e. The molecule has 0 heterocycles. The topological polar surface area (TPSA) is 114 Å². The number of halogens is 3. The van der Waals surface area contributed by atoms with Crippen molar-refractivity contribution in [3.05, 3.63) is 42.5 Å². The van der Waals surface area contributed by atoms with E-state index in [4.69, 9.17) is 4.74 Å². The summed E-state index contributed by atoms with van der Waals surface area (Å²) in [6.07, 6.45) is -3.20. The van der Waals surface area contributed by atoms with Crippen molar-refractivity contribution in [1.82, 2.24) is 0 Å². The zero-order valence-corrected chi connectivity index (χ0v) is 17.7. The lowest BCUT2D eigenvalue weighted by Gasteiger charge is -2.16. The van der Waals surface area contributed by atoms with Gasteiger partial charge in [-0.3, -0.25) is 9.52 Å². The maximum atomic E-state index is 12.8. The Kier molecular flexibility index (Phi) is 6.84. The zero-order valence-electron chi connectivity index (χ0n) is 16.8. The molecular formula is C20H21F3N2O6S. The van der Waals surface area contributed by atoms with Gasteiger partial charge in [0.15, 0.2) is 0 Å². The van der Waals surface area contributed by atoms with Gasteiger partial charge in [0.2, 0.25) is 5.91 Å². The van der Waals surface area contributed by atoms with E-state index >= 15 is 0 Å². The first-order valence-electron chi connectivity index (χ1n) is 9.51. The molecular weight excluding hydrogens is 453 g/mol. The first kappa shape index (κ1) is 23.7. The van der Waals surface area contributed by atoms with Crippen molar-refractivity contribution in [3.8, 4) is 11.5 Å². The molecule has 0 radical (unpaired) electrons. The van der Waals surface area contributed by atoms with Gasteiger partial charge in [0.1, 0.15) is 16.4 Å². The highest BCUT2D eigenvalue weighted by atomic mass is 32.2. The van der Waals surface area contributed by atoms with Crippen molar-refractivity contribution in [2.45, 2.75) is 24.1 Å². The number of alkyl halides is 3. The minimum absolute atomic E-state index is 0.0926. The SMILES string of the molecule is COc1cc(NC(=O)[C@@H](CO)C2CC2)ccc1S(=O)(=O)Nc1cccc(OC(F)(F)F)c1. The molecule has 2 aromatic carbocycles. The van der Waals surface area contributed by atoms with Crippen molar-refractivity contribution in [2.24, 2.45) is 11.8 Å². The third-order valence-corrected chi connectivity index (χ3v) is 6.19. The molecule has 0 unspecified atom stereocenters. The molecule has 3 N–H and O–H groups in total. The molecule has 12 heteroatoms. The molecule has 1 saturated carbocycles. The van der Waals surface area contributed by atoms with Crippen LogP contribution in [0.5, 0.6) is 11.5 Å². The highest BCUT2D eigenvalue weighted by Crippen LogP contribution is 2.37. The van der Waals surface area contributed by atoms with Gasteiger partial charge in [-0.15, -0.1) is 13.2 Å². The second-order valence-electron chi connectivity index (χ2n) is 7.16. The van der Waals surface area contributed by atoms with Crippen LogP contribution in [-0.4, -0.2) is 39.5 Å². The van der Waals surface area contributed by atoms with Crippen molar-refractivity contribution in [3.63, 3.8) is 0 Å². The van der Waals surface area contributed by atoms with Gasteiger partial charge in [-0.1, -0.05) is 6.07 Å². The number of amides is 1. The van der Waals surface area contributed by atoms with Gasteiger partial charge in [-0.2, -0.15) is 0 Å². The molecule has 2 aromatic rings. The molecule has 0 saturated heterocycles. The lowest BCUT2D eigenvalue weighted by atomic mass is 10.0. The fourth-order valence-electron chi connectivity index (χ4n) is 3.11. The van der Waals surface area contributed by atoms with E-state index in [-0.39, 0.29) is 40.5 Å². The minimum atomic E-state index is -4.92. The number of anilines is 2. The van der Waals surface area contributed by atoms with Crippen molar-refractivity contribution in [2.75, 3.05) is 23.8 Å². The molecule has 0 bridgehead atoms. The van der Waals surface area contributed by atoms with Crippen LogP contribution in [-0.2, 0) is 14.8 Å². The lowest BCUT2D eigenvalue weighted by molar-refractivity contribution is -0.274. The van der Waals surface area contributed by atoms with Crippen LogP contribution in [0.15, 0.2) is 47.4 Å². The Morgan fingerprint density at radius 2 is 1.91 bits per heavy atom. The van der Waals surface area contributed by atoms with Gasteiger partial charge < -0.3 is 19.9 Å². The smallest absolute Gasteiger partial charge is 0.495 e. The number of ether oxygens (including phenoxy) is 2. The minimum Gasteiger partial charge on any atom is -0.495 e. The number of carbonyl (C=O) groups excluding carboxylic acids is 1. The van der Waals surface area contributed by atoms with Crippen LogP contribution in [0.4, 0.5) is 24.5 Å². The molecule has 1 fully saturated rings. The van der Waals surface area contributed by atoms with Crippen LogP contribution in [0.25, 0.3) is 0 Å². The van der Waals surface area contributed by atoms with E-state index in [1.165, 1.54) is 37.4 Å². The van der Waals surface area contributed by atoms with Crippen LogP contribution in [0.3, 0.4) is 0 Å². The fraction of sp³-hybridized carbons (Fsp3) is 0.350. The lowest BCUT2D eigenvalue weighted by Crippen LogP contribution is -2.27. The Balaban J connectivity index is 1.79. The number of sulfonamides is 1. The van der Waals surface area contributed by atoms with Crippen molar-refractivity contribution < 1.29 is 41.0 Å². The summed E-state index contributed by atoms with van der Waals surface area (Å²) >= 11 is 0. The van der Waals surface area contributed by atoms with E-state index in [0.29, 0.717) is 0 Å². The van der Waals surface area contributed by atoms with Crippen molar-refractivity contribution >= 4 is 27.3 Å². The van der Waals surface area contributed by atoms with Gasteiger partial charge >= 0.3 is 6.36 Å². The molecule has 0 spiro atoms. The normalized spacial score (nSPS) is 15.0. The van der Waals surface area contributed by atoms with E-state index in [1.54, 1.807) is 0 Å². The number of rotatable bonds is 9. The standard InChI is InChI=1S/C20H21F3N2O6S/c1-30-17-10-13(24-19(27)16(11-26)12-5-6-12)7-8-18(17)32(28,29)25-14-3-2-4-15(9-14)31-20(21,22)23/h2-4,7-10,12,16,25-26H,5-6,11H2,1H3,(H,24,27)/t16-/m0/s1. The van der Waals surface area contributed by atoms with Gasteiger partial charge in [-0.25, -0.2) is 8.42 Å². The van der Waals surface area contributed by atoms with Crippen LogP contribution in [0.2, 0.25) is 0 Å². The van der Waals surface area contributed by atoms with Gasteiger partial charge in [-0.05, 0) is 43.0 Å². The summed E-state index contributed by atoms with van der Waals surface area (Å²) in [5, 5.41) is 12.0. The molecule has 3 rings (SSSR count). The van der Waals surface area contributed by atoms with Crippen LogP contribution in [0, 0.1) is 11.8 Å². The summed E-state index contributed by atoms with van der Waals surface area (Å²) in [6, 6.07) is 8.22. The molecule has 1 aliphatic carbocycles. The molecule has 0 aromatic heterocycles. The number of hydrogen-bond acceptors (Lipinski definition) is 6. The molecule has 1 amide bonds. The van der Waals surface area contributed by atoms with Gasteiger partial charge in [0, 0.05) is 17.8 Å². The first-order valence-corrected chi connectivity index (χ1v) is 11.0. The number of aliphatic hydroxyl groups excluding tert-OH is 1. The van der Waals surface area contributed by atoms with E-state index in [0.717, 1.165) is 25.0 Å². The molecule has 174 valence electrons. The highest BCUT2D eigenvalue weighted by Gasteiger charge is 2.36. The first-order chi connectivity index (χ1) is 15.0. The molecule has 8 nitrogen and oxygen atoms in total. The number of benzene rings is 2. The van der Waals surface area contributed by atoms with E-state index in [9.17, 15) is 31.5 Å². The quantitative estimate of drug-likeness (QED) is 0.514. The van der Waals surface area contributed by atoms with E-state index in [1.807, 2.05) is 0 Å². The maximum absolute atomic E-state index is 12.8. The second-order valence-corrected chi connectivity index (χ2v) is 8.81. The van der Waals surface area contributed by atoms with Gasteiger partial charge in [0.05, 0.1) is 25.3 Å². The highest BCUT2D eigenvalue weighted by molar-refractivity contribution is 7.92. The Labute approximate surface area is 182 Å². The predicted molar refractivity (Wildman–Crippen MR) is 109 cm³/mol. The molecule has 32 heavy (non-hydrogen) atoms. The Morgan fingerprint density at radius 3 is 2.50 bits per heavy atom. The fourth-order valence-corrected chi connectivity index (χ4v) is 4.32. The average molecular weight is 474 g/mol. The van der Waals surface area contributed by atoms with Crippen molar-refractivity contribution in [1.29, 1.82) is 0 Å².